The maximum Gasteiger partial charge on any atom is 0.410 e. The fourth-order valence-electron chi connectivity index (χ4n) is 1.73. The fourth-order valence-corrected chi connectivity index (χ4v) is 1.73. The predicted molar refractivity (Wildman–Crippen MR) is 61.2 cm³/mol. The lowest BCUT2D eigenvalue weighted by Gasteiger charge is -2.25. The number of hydrogen-bond donors (Lipinski definition) is 0. The molecule has 1 aliphatic rings. The van der Waals surface area contributed by atoms with Crippen LogP contribution < -0.4 is 0 Å². The number of rotatable bonds is 1. The second-order valence-corrected chi connectivity index (χ2v) is 5.77. The van der Waals surface area contributed by atoms with Crippen LogP contribution in [-0.2, 0) is 9.53 Å². The molecule has 0 aliphatic carbocycles. The van der Waals surface area contributed by atoms with Gasteiger partial charge in [0.05, 0.1) is 0 Å². The first-order valence-corrected chi connectivity index (χ1v) is 5.63. The number of carbonyl (C=O) groups is 2. The third-order valence-electron chi connectivity index (χ3n) is 2.97. The van der Waals surface area contributed by atoms with Crippen LogP contribution in [-0.4, -0.2) is 35.5 Å². The van der Waals surface area contributed by atoms with E-state index in [4.69, 9.17) is 4.74 Å². The summed E-state index contributed by atoms with van der Waals surface area (Å²) in [5.41, 5.74) is -0.872. The number of likely N-dealkylation sites (tertiary alicyclic amines) is 1. The third kappa shape index (κ3) is 2.97. The summed E-state index contributed by atoms with van der Waals surface area (Å²) in [5.74, 6) is 0.138. The molecule has 4 heteroatoms. The SMILES string of the molecule is CC(=O)C1(C)CCN(C(=O)OC(C)(C)C)C1. The molecule has 0 N–H and O–H groups in total. The molecule has 4 nitrogen and oxygen atoms in total. The van der Waals surface area contributed by atoms with Crippen LogP contribution in [0.25, 0.3) is 0 Å². The van der Waals surface area contributed by atoms with Gasteiger partial charge in [-0.25, -0.2) is 4.79 Å². The van der Waals surface area contributed by atoms with Crippen LogP contribution in [0, 0.1) is 5.41 Å². The van der Waals surface area contributed by atoms with Gasteiger partial charge < -0.3 is 9.64 Å². The first kappa shape index (κ1) is 13.0. The minimum atomic E-state index is -0.480. The number of ketones is 1. The number of Topliss-reactive ketones (excluding diaryl/α,β-unsaturated/α-hetero) is 1. The van der Waals surface area contributed by atoms with Crippen LogP contribution in [0.1, 0.15) is 41.0 Å². The number of carbonyl (C=O) groups excluding carboxylic acids is 2. The molecule has 1 aliphatic heterocycles. The van der Waals surface area contributed by atoms with Gasteiger partial charge in [0.25, 0.3) is 0 Å². The van der Waals surface area contributed by atoms with Gasteiger partial charge in [-0.15, -0.1) is 0 Å². The van der Waals surface area contributed by atoms with E-state index in [9.17, 15) is 9.59 Å². The molecule has 0 aromatic rings. The van der Waals surface area contributed by atoms with E-state index >= 15 is 0 Å². The van der Waals surface area contributed by atoms with Gasteiger partial charge in [-0.05, 0) is 34.1 Å². The first-order chi connectivity index (χ1) is 7.14. The second-order valence-electron chi connectivity index (χ2n) is 5.77. The average molecular weight is 227 g/mol. The van der Waals surface area contributed by atoms with Crippen LogP contribution >= 0.6 is 0 Å². The van der Waals surface area contributed by atoms with E-state index < -0.39 is 11.0 Å². The topological polar surface area (TPSA) is 46.6 Å². The van der Waals surface area contributed by atoms with Gasteiger partial charge >= 0.3 is 6.09 Å². The van der Waals surface area contributed by atoms with E-state index in [0.717, 1.165) is 6.42 Å². The lowest BCUT2D eigenvalue weighted by Crippen LogP contribution is -2.37. The molecule has 16 heavy (non-hydrogen) atoms. The van der Waals surface area contributed by atoms with Crippen molar-refractivity contribution in [2.24, 2.45) is 5.41 Å². The van der Waals surface area contributed by atoms with Crippen molar-refractivity contribution < 1.29 is 14.3 Å². The Morgan fingerprint density at radius 2 is 1.88 bits per heavy atom. The van der Waals surface area contributed by atoms with Crippen molar-refractivity contribution in [3.8, 4) is 0 Å². The molecule has 0 aromatic carbocycles. The van der Waals surface area contributed by atoms with E-state index in [1.165, 1.54) is 0 Å². The number of ether oxygens (including phenoxy) is 1. The van der Waals surface area contributed by atoms with E-state index in [1.807, 2.05) is 27.7 Å². The summed E-state index contributed by atoms with van der Waals surface area (Å²) in [7, 11) is 0. The van der Waals surface area contributed by atoms with Crippen molar-refractivity contribution in [2.45, 2.75) is 46.6 Å². The molecule has 1 atom stereocenters. The summed E-state index contributed by atoms with van der Waals surface area (Å²) >= 11 is 0. The molecule has 0 aromatic heterocycles. The van der Waals surface area contributed by atoms with Crippen LogP contribution in [0.3, 0.4) is 0 Å². The van der Waals surface area contributed by atoms with Gasteiger partial charge in [-0.3, -0.25) is 4.79 Å². The van der Waals surface area contributed by atoms with Crippen molar-refractivity contribution in [1.29, 1.82) is 0 Å². The Morgan fingerprint density at radius 1 is 1.31 bits per heavy atom. The quantitative estimate of drug-likeness (QED) is 0.690. The Labute approximate surface area is 96.9 Å². The van der Waals surface area contributed by atoms with Crippen molar-refractivity contribution in [3.63, 3.8) is 0 Å². The predicted octanol–water partition coefficient (Wildman–Crippen LogP) is 2.22. The van der Waals surface area contributed by atoms with Crippen molar-refractivity contribution >= 4 is 11.9 Å². The smallest absolute Gasteiger partial charge is 0.410 e. The highest BCUT2D eigenvalue weighted by Gasteiger charge is 2.40. The van der Waals surface area contributed by atoms with Crippen LogP contribution in [0.5, 0.6) is 0 Å². The number of amides is 1. The van der Waals surface area contributed by atoms with Gasteiger partial charge in [-0.1, -0.05) is 6.92 Å². The molecule has 1 saturated heterocycles. The molecular formula is C12H21NO3. The molecule has 1 rings (SSSR count). The maximum absolute atomic E-state index is 11.8. The monoisotopic (exact) mass is 227 g/mol. The van der Waals surface area contributed by atoms with Gasteiger partial charge in [0.2, 0.25) is 0 Å². The van der Waals surface area contributed by atoms with Crippen LogP contribution in [0.4, 0.5) is 4.79 Å². The van der Waals surface area contributed by atoms with Crippen molar-refractivity contribution in [3.05, 3.63) is 0 Å². The molecule has 1 heterocycles. The normalized spacial score (nSPS) is 25.7. The Morgan fingerprint density at radius 3 is 2.25 bits per heavy atom. The lowest BCUT2D eigenvalue weighted by molar-refractivity contribution is -0.125. The molecule has 1 amide bonds. The van der Waals surface area contributed by atoms with Crippen molar-refractivity contribution in [1.82, 2.24) is 4.90 Å². The van der Waals surface area contributed by atoms with E-state index in [2.05, 4.69) is 0 Å². The van der Waals surface area contributed by atoms with Crippen LogP contribution in [0.15, 0.2) is 0 Å². The molecule has 0 saturated carbocycles. The van der Waals surface area contributed by atoms with Crippen LogP contribution in [0.2, 0.25) is 0 Å². The summed E-state index contributed by atoms with van der Waals surface area (Å²) in [5, 5.41) is 0. The molecular weight excluding hydrogens is 206 g/mol. The Kier molecular flexibility index (Phi) is 3.31. The summed E-state index contributed by atoms with van der Waals surface area (Å²) in [6.45, 7) is 10.1. The average Bonchev–Trinajstić information content (AvgIpc) is 2.46. The third-order valence-corrected chi connectivity index (χ3v) is 2.97. The minimum absolute atomic E-state index is 0.138. The highest BCUT2D eigenvalue weighted by Crippen LogP contribution is 2.31. The summed E-state index contributed by atoms with van der Waals surface area (Å²) in [6, 6.07) is 0. The maximum atomic E-state index is 11.8. The molecule has 0 spiro atoms. The zero-order valence-electron chi connectivity index (χ0n) is 10.8. The van der Waals surface area contributed by atoms with Gasteiger partial charge in [0.1, 0.15) is 11.4 Å². The Balaban J connectivity index is 2.60. The second kappa shape index (κ2) is 4.07. The number of nitrogens with zero attached hydrogens (tertiary/aromatic N) is 1. The Bertz CT molecular complexity index is 306. The van der Waals surface area contributed by atoms with Gasteiger partial charge in [0, 0.05) is 18.5 Å². The standard InChI is InChI=1S/C12H21NO3/c1-9(14)12(5)6-7-13(8-12)10(15)16-11(2,3)4/h6-8H2,1-5H3. The summed E-state index contributed by atoms with van der Waals surface area (Å²) < 4.78 is 5.27. The number of hydrogen-bond acceptors (Lipinski definition) is 3. The van der Waals surface area contributed by atoms with E-state index in [0.29, 0.717) is 13.1 Å². The highest BCUT2D eigenvalue weighted by atomic mass is 16.6. The molecule has 0 radical (unpaired) electrons. The first-order valence-electron chi connectivity index (χ1n) is 5.63. The summed E-state index contributed by atoms with van der Waals surface area (Å²) in [6.07, 6.45) is 0.402. The molecule has 1 unspecified atom stereocenters. The van der Waals surface area contributed by atoms with Gasteiger partial charge in [-0.2, -0.15) is 0 Å². The van der Waals surface area contributed by atoms with Crippen molar-refractivity contribution in [2.75, 3.05) is 13.1 Å². The Hall–Kier alpha value is -1.06. The lowest BCUT2D eigenvalue weighted by atomic mass is 9.86. The minimum Gasteiger partial charge on any atom is -0.444 e. The zero-order valence-corrected chi connectivity index (χ0v) is 10.8. The van der Waals surface area contributed by atoms with Gasteiger partial charge in [0.15, 0.2) is 0 Å². The fraction of sp³-hybridized carbons (Fsp3) is 0.833. The highest BCUT2D eigenvalue weighted by molar-refractivity contribution is 5.83. The van der Waals surface area contributed by atoms with E-state index in [1.54, 1.807) is 11.8 Å². The molecule has 0 bridgehead atoms. The summed E-state index contributed by atoms with van der Waals surface area (Å²) in [4.78, 5) is 24.8. The zero-order chi connectivity index (χ0) is 12.6. The molecule has 1 fully saturated rings. The van der Waals surface area contributed by atoms with E-state index in [-0.39, 0.29) is 11.9 Å². The largest absolute Gasteiger partial charge is 0.444 e. The molecule has 92 valence electrons.